The molecule has 0 bridgehead atoms. The lowest BCUT2D eigenvalue weighted by atomic mass is 10.3. The maximum absolute atomic E-state index is 13.2. The van der Waals surface area contributed by atoms with E-state index in [1.165, 1.54) is 12.1 Å². The Bertz CT molecular complexity index is 744. The SMILES string of the molecule is Cn1c(CCN)c(Br)n2c3ccc(F)cc3nc12. The van der Waals surface area contributed by atoms with Crippen molar-refractivity contribution in [1.82, 2.24) is 14.0 Å². The summed E-state index contributed by atoms with van der Waals surface area (Å²) in [5.74, 6) is 0.509. The summed E-state index contributed by atoms with van der Waals surface area (Å²) in [5, 5.41) is 0. The van der Waals surface area contributed by atoms with Gasteiger partial charge in [0.2, 0.25) is 5.78 Å². The first-order valence-corrected chi connectivity index (χ1v) is 6.43. The fraction of sp³-hybridized carbons (Fsp3) is 0.250. The third kappa shape index (κ3) is 1.49. The molecule has 18 heavy (non-hydrogen) atoms. The number of aromatic nitrogens is 3. The quantitative estimate of drug-likeness (QED) is 0.789. The molecule has 0 spiro atoms. The molecule has 0 amide bonds. The van der Waals surface area contributed by atoms with Crippen LogP contribution in [0.5, 0.6) is 0 Å². The summed E-state index contributed by atoms with van der Waals surface area (Å²) in [7, 11) is 1.94. The van der Waals surface area contributed by atoms with E-state index >= 15 is 0 Å². The van der Waals surface area contributed by atoms with Crippen LogP contribution in [0.15, 0.2) is 22.8 Å². The monoisotopic (exact) mass is 310 g/mol. The summed E-state index contributed by atoms with van der Waals surface area (Å²) in [5.41, 5.74) is 8.24. The fourth-order valence-corrected chi connectivity index (χ4v) is 3.07. The molecule has 6 heteroatoms. The van der Waals surface area contributed by atoms with Crippen LogP contribution in [0.3, 0.4) is 0 Å². The summed E-state index contributed by atoms with van der Waals surface area (Å²) in [6.07, 6.45) is 0.767. The topological polar surface area (TPSA) is 48.2 Å². The van der Waals surface area contributed by atoms with E-state index in [2.05, 4.69) is 20.9 Å². The molecule has 2 heterocycles. The van der Waals surface area contributed by atoms with Gasteiger partial charge in [-0.2, -0.15) is 0 Å². The minimum atomic E-state index is -0.274. The molecule has 3 aromatic rings. The number of benzene rings is 1. The van der Waals surface area contributed by atoms with Gasteiger partial charge in [-0.1, -0.05) is 0 Å². The van der Waals surface area contributed by atoms with Gasteiger partial charge in [-0.05, 0) is 34.6 Å². The molecule has 2 N–H and O–H groups in total. The van der Waals surface area contributed by atoms with Crippen LogP contribution in [0.1, 0.15) is 5.69 Å². The first-order chi connectivity index (χ1) is 8.63. The van der Waals surface area contributed by atoms with Crippen LogP contribution < -0.4 is 5.73 Å². The highest BCUT2D eigenvalue weighted by Crippen LogP contribution is 2.27. The van der Waals surface area contributed by atoms with E-state index in [-0.39, 0.29) is 5.82 Å². The number of nitrogens with zero attached hydrogens (tertiary/aromatic N) is 3. The Morgan fingerprint density at radius 2 is 2.22 bits per heavy atom. The Kier molecular flexibility index (Phi) is 2.64. The fourth-order valence-electron chi connectivity index (χ4n) is 2.25. The lowest BCUT2D eigenvalue weighted by Gasteiger charge is -2.00. The number of aryl methyl sites for hydroxylation is 1. The zero-order valence-corrected chi connectivity index (χ0v) is 11.4. The molecule has 4 nitrogen and oxygen atoms in total. The first kappa shape index (κ1) is 11.7. The predicted octanol–water partition coefficient (Wildman–Crippen LogP) is 2.23. The molecular formula is C12H12BrFN4. The maximum atomic E-state index is 13.2. The lowest BCUT2D eigenvalue weighted by Crippen LogP contribution is -2.07. The molecule has 0 unspecified atom stereocenters. The van der Waals surface area contributed by atoms with Crippen LogP contribution in [0, 0.1) is 5.82 Å². The van der Waals surface area contributed by atoms with E-state index in [4.69, 9.17) is 5.73 Å². The Labute approximate surface area is 111 Å². The van der Waals surface area contributed by atoms with Crippen molar-refractivity contribution in [3.8, 4) is 0 Å². The van der Waals surface area contributed by atoms with Gasteiger partial charge in [0.15, 0.2) is 0 Å². The van der Waals surface area contributed by atoms with E-state index in [1.54, 1.807) is 6.07 Å². The van der Waals surface area contributed by atoms with Gasteiger partial charge < -0.3 is 10.3 Å². The van der Waals surface area contributed by atoms with Crippen molar-refractivity contribution in [2.45, 2.75) is 6.42 Å². The summed E-state index contributed by atoms with van der Waals surface area (Å²) >= 11 is 3.58. The largest absolute Gasteiger partial charge is 0.330 e. The Balaban J connectivity index is 2.41. The van der Waals surface area contributed by atoms with Crippen molar-refractivity contribution in [2.24, 2.45) is 12.8 Å². The molecule has 0 aliphatic carbocycles. The molecule has 1 aromatic carbocycles. The number of nitrogens with two attached hydrogens (primary N) is 1. The van der Waals surface area contributed by atoms with Crippen LogP contribution in [0.2, 0.25) is 0 Å². The second kappa shape index (κ2) is 4.07. The smallest absolute Gasteiger partial charge is 0.215 e. The van der Waals surface area contributed by atoms with Crippen LogP contribution in [-0.2, 0) is 13.5 Å². The van der Waals surface area contributed by atoms with E-state index in [0.717, 1.165) is 28.0 Å². The molecule has 0 aliphatic rings. The average molecular weight is 311 g/mol. The number of halogens is 2. The molecule has 0 atom stereocenters. The Hall–Kier alpha value is -1.40. The second-order valence-corrected chi connectivity index (χ2v) is 4.97. The summed E-state index contributed by atoms with van der Waals surface area (Å²) in [4.78, 5) is 4.45. The van der Waals surface area contributed by atoms with Crippen LogP contribution >= 0.6 is 15.9 Å². The van der Waals surface area contributed by atoms with Crippen LogP contribution in [-0.4, -0.2) is 20.5 Å². The van der Waals surface area contributed by atoms with E-state index in [1.807, 2.05) is 16.0 Å². The van der Waals surface area contributed by atoms with Crippen LogP contribution in [0.25, 0.3) is 16.8 Å². The van der Waals surface area contributed by atoms with Crippen molar-refractivity contribution in [3.63, 3.8) is 0 Å². The Morgan fingerprint density at radius 1 is 1.44 bits per heavy atom. The summed E-state index contributed by atoms with van der Waals surface area (Å²) in [6, 6.07) is 4.62. The highest BCUT2D eigenvalue weighted by molar-refractivity contribution is 9.10. The van der Waals surface area contributed by atoms with Gasteiger partial charge in [0.25, 0.3) is 0 Å². The predicted molar refractivity (Wildman–Crippen MR) is 72.1 cm³/mol. The minimum Gasteiger partial charge on any atom is -0.330 e. The number of hydrogen-bond acceptors (Lipinski definition) is 2. The van der Waals surface area contributed by atoms with E-state index < -0.39 is 0 Å². The van der Waals surface area contributed by atoms with Gasteiger partial charge in [-0.3, -0.25) is 4.40 Å². The molecule has 0 aliphatic heterocycles. The number of hydrogen-bond donors (Lipinski definition) is 1. The third-order valence-corrected chi connectivity index (χ3v) is 3.93. The van der Waals surface area contributed by atoms with Gasteiger partial charge in [-0.25, -0.2) is 9.37 Å². The summed E-state index contributed by atoms with van der Waals surface area (Å²) < 4.78 is 18.1. The lowest BCUT2D eigenvalue weighted by molar-refractivity contribution is 0.629. The molecule has 94 valence electrons. The molecule has 0 saturated heterocycles. The van der Waals surface area contributed by atoms with Crippen LogP contribution in [0.4, 0.5) is 4.39 Å². The van der Waals surface area contributed by atoms with Gasteiger partial charge in [0, 0.05) is 19.5 Å². The van der Waals surface area contributed by atoms with Crippen molar-refractivity contribution >= 4 is 32.7 Å². The molecule has 0 saturated carbocycles. The van der Waals surface area contributed by atoms with Crippen molar-refractivity contribution < 1.29 is 4.39 Å². The second-order valence-electron chi connectivity index (χ2n) is 4.22. The molecule has 0 radical (unpaired) electrons. The summed E-state index contributed by atoms with van der Waals surface area (Å²) in [6.45, 7) is 0.576. The maximum Gasteiger partial charge on any atom is 0.215 e. The van der Waals surface area contributed by atoms with Crippen molar-refractivity contribution in [1.29, 1.82) is 0 Å². The average Bonchev–Trinajstić information content (AvgIpc) is 2.81. The van der Waals surface area contributed by atoms with Gasteiger partial charge >= 0.3 is 0 Å². The first-order valence-electron chi connectivity index (χ1n) is 5.64. The van der Waals surface area contributed by atoms with E-state index in [0.29, 0.717) is 12.1 Å². The number of fused-ring (bicyclic) bond motifs is 3. The molecule has 2 aromatic heterocycles. The van der Waals surface area contributed by atoms with Gasteiger partial charge in [-0.15, -0.1) is 0 Å². The number of imidazole rings is 2. The molecular weight excluding hydrogens is 299 g/mol. The Morgan fingerprint density at radius 3 is 2.94 bits per heavy atom. The minimum absolute atomic E-state index is 0.274. The van der Waals surface area contributed by atoms with Gasteiger partial charge in [0.05, 0.1) is 16.7 Å². The zero-order valence-electron chi connectivity index (χ0n) is 9.82. The zero-order chi connectivity index (χ0) is 12.9. The standard InChI is InChI=1S/C12H12BrFN4/c1-17-10(4-5-15)11(13)18-9-3-2-7(14)6-8(9)16-12(17)18/h2-3,6H,4-5,15H2,1H3. The molecule has 0 fully saturated rings. The highest BCUT2D eigenvalue weighted by atomic mass is 79.9. The highest BCUT2D eigenvalue weighted by Gasteiger charge is 2.17. The van der Waals surface area contributed by atoms with Crippen molar-refractivity contribution in [3.05, 3.63) is 34.3 Å². The van der Waals surface area contributed by atoms with Crippen molar-refractivity contribution in [2.75, 3.05) is 6.54 Å². The normalized spacial score (nSPS) is 11.8. The number of rotatable bonds is 2. The van der Waals surface area contributed by atoms with Gasteiger partial charge in [0.1, 0.15) is 10.4 Å². The third-order valence-electron chi connectivity index (χ3n) is 3.12. The molecule has 3 rings (SSSR count). The van der Waals surface area contributed by atoms with E-state index in [9.17, 15) is 4.39 Å².